The summed E-state index contributed by atoms with van der Waals surface area (Å²) >= 11 is 0. The van der Waals surface area contributed by atoms with E-state index in [0.717, 1.165) is 101 Å². The molecule has 25 aromatic rings. The number of para-hydroxylation sites is 7. The lowest BCUT2D eigenvalue weighted by molar-refractivity contribution is 1.16. The summed E-state index contributed by atoms with van der Waals surface area (Å²) in [5.74, 6) is 0. The van der Waals surface area contributed by atoms with Gasteiger partial charge in [-0.3, -0.25) is 0 Å². The zero-order valence-corrected chi connectivity index (χ0v) is 62.9. The molecule has 0 amide bonds. The van der Waals surface area contributed by atoms with Gasteiger partial charge < -0.3 is 27.4 Å². The van der Waals surface area contributed by atoms with E-state index in [0.29, 0.717) is 0 Å². The molecule has 0 unspecified atom stereocenters. The zero-order chi connectivity index (χ0) is 75.8. The van der Waals surface area contributed by atoms with Gasteiger partial charge in [-0.2, -0.15) is 0 Å². The number of aromatic nitrogens is 6. The molecular weight excluding hydrogens is 1410 g/mol. The molecule has 0 N–H and O–H groups in total. The van der Waals surface area contributed by atoms with Crippen LogP contribution in [-0.2, 0) is 0 Å². The smallest absolute Gasteiger partial charge is 0.0626 e. The Morgan fingerprint density at radius 2 is 0.457 bits per heavy atom. The van der Waals surface area contributed by atoms with Crippen LogP contribution in [0.15, 0.2) is 413 Å². The van der Waals surface area contributed by atoms with Crippen LogP contribution in [-0.4, -0.2) is 27.4 Å². The highest BCUT2D eigenvalue weighted by Crippen LogP contribution is 2.51. The molecule has 25 rings (SSSR count). The largest absolute Gasteiger partial charge is 0.309 e. The van der Waals surface area contributed by atoms with Gasteiger partial charge in [0.1, 0.15) is 0 Å². The van der Waals surface area contributed by atoms with Crippen molar-refractivity contribution >= 4 is 152 Å². The molecule has 6 nitrogen and oxygen atoms in total. The van der Waals surface area contributed by atoms with Crippen molar-refractivity contribution in [2.24, 2.45) is 0 Å². The molecule has 0 spiro atoms. The van der Waals surface area contributed by atoms with Gasteiger partial charge in [-0.15, -0.1) is 0 Å². The lowest BCUT2D eigenvalue weighted by Crippen LogP contribution is -1.98. The van der Waals surface area contributed by atoms with Crippen LogP contribution in [0.3, 0.4) is 0 Å². The van der Waals surface area contributed by atoms with E-state index in [1.165, 1.54) is 131 Å². The second-order valence-electron chi connectivity index (χ2n) is 31.0. The first-order chi connectivity index (χ1) is 57.6. The molecule has 538 valence electrons. The van der Waals surface area contributed by atoms with Crippen molar-refractivity contribution in [3.05, 3.63) is 413 Å². The molecule has 0 aliphatic rings. The maximum absolute atomic E-state index is 2.60. The van der Waals surface area contributed by atoms with E-state index in [1.54, 1.807) is 0 Å². The number of hydrogen-bond acceptors (Lipinski definition) is 0. The Hall–Kier alpha value is -15.5. The molecule has 19 aromatic carbocycles. The van der Waals surface area contributed by atoms with E-state index in [2.05, 4.69) is 440 Å². The maximum Gasteiger partial charge on any atom is 0.0626 e. The summed E-state index contributed by atoms with van der Waals surface area (Å²) in [4.78, 5) is 0. The number of benzene rings is 19. The number of rotatable bonds is 10. The monoisotopic (exact) mass is 1470 g/mol. The molecule has 6 aromatic heterocycles. The molecule has 0 saturated heterocycles. The van der Waals surface area contributed by atoms with Crippen LogP contribution in [0.4, 0.5) is 0 Å². The van der Waals surface area contributed by atoms with Crippen LogP contribution in [0, 0.1) is 0 Å². The van der Waals surface area contributed by atoms with Crippen molar-refractivity contribution in [3.8, 4) is 78.6 Å². The summed E-state index contributed by atoms with van der Waals surface area (Å²) < 4.78 is 15.0. The van der Waals surface area contributed by atoms with Gasteiger partial charge in [-0.1, -0.05) is 267 Å². The molecule has 0 aliphatic heterocycles. The molecule has 0 atom stereocenters. The Balaban J connectivity index is 0.734. The lowest BCUT2D eigenvalue weighted by atomic mass is 9.92. The summed E-state index contributed by atoms with van der Waals surface area (Å²) in [5.41, 5.74) is 29.9. The third-order valence-corrected chi connectivity index (χ3v) is 24.9. The van der Waals surface area contributed by atoms with Gasteiger partial charge in [-0.25, -0.2) is 0 Å². The van der Waals surface area contributed by atoms with Gasteiger partial charge in [0.15, 0.2) is 0 Å². The molecule has 0 bridgehead atoms. The Bertz CT molecular complexity index is 8420. The highest BCUT2D eigenvalue weighted by Gasteiger charge is 2.28. The first kappa shape index (κ1) is 64.2. The Labute approximate surface area is 666 Å². The van der Waals surface area contributed by atoms with Gasteiger partial charge >= 0.3 is 0 Å². The zero-order valence-electron chi connectivity index (χ0n) is 62.9. The maximum atomic E-state index is 2.60. The fourth-order valence-corrected chi connectivity index (χ4v) is 20.0. The Morgan fingerprint density at radius 1 is 0.138 bits per heavy atom. The predicted octanol–water partition coefficient (Wildman–Crippen LogP) is 29.2. The van der Waals surface area contributed by atoms with E-state index >= 15 is 0 Å². The summed E-state index contributed by atoms with van der Waals surface area (Å²) in [6.45, 7) is 0. The quantitative estimate of drug-likeness (QED) is 0.131. The van der Waals surface area contributed by atoms with Crippen molar-refractivity contribution in [1.29, 1.82) is 0 Å². The average molecular weight is 1470 g/mol. The average Bonchev–Trinajstić information content (AvgIpc) is 1.54. The predicted molar refractivity (Wildman–Crippen MR) is 489 cm³/mol. The lowest BCUT2D eigenvalue weighted by Gasteiger charge is -2.16. The molecule has 0 radical (unpaired) electrons. The van der Waals surface area contributed by atoms with Gasteiger partial charge in [-0.05, 0) is 201 Å². The second kappa shape index (κ2) is 25.0. The summed E-state index contributed by atoms with van der Waals surface area (Å²) in [5, 5.41) is 19.2. The van der Waals surface area contributed by atoms with Crippen molar-refractivity contribution in [3.63, 3.8) is 0 Å². The third-order valence-electron chi connectivity index (χ3n) is 24.9. The highest BCUT2D eigenvalue weighted by atomic mass is 15.0. The van der Waals surface area contributed by atoms with Crippen LogP contribution in [0.25, 0.3) is 231 Å². The SMILES string of the molecule is c1ccc(-c2ccc(-n3c4ccccc4c4ccc(-n5c6cccc(-c7ccc8c(c7)c7ccc(-c9c%10ccccc%10cc%10c%11ccccc%11n(-c%11ccc%12c%13ccccc%13n(-c%13ccccc%13)c%12c%11)c9%10)cc7n8-c7ccccc7)c6c6cc7ccccc7c(-c7ccc8c(c7)c7ccccc7n8-c7ccccc7)c65)cc43)cc2)cc1. The minimum Gasteiger partial charge on any atom is -0.309 e. The van der Waals surface area contributed by atoms with Crippen LogP contribution < -0.4 is 0 Å². The fraction of sp³-hybridized carbons (Fsp3) is 0. The molecule has 116 heavy (non-hydrogen) atoms. The second-order valence-corrected chi connectivity index (χ2v) is 31.0. The Morgan fingerprint density at radius 3 is 1.00 bits per heavy atom. The summed E-state index contributed by atoms with van der Waals surface area (Å²) in [6.07, 6.45) is 0. The molecule has 0 saturated carbocycles. The first-order valence-corrected chi connectivity index (χ1v) is 40.0. The third kappa shape index (κ3) is 9.41. The van der Waals surface area contributed by atoms with Crippen LogP contribution in [0.2, 0.25) is 0 Å². The number of hydrogen-bond donors (Lipinski definition) is 0. The fourth-order valence-electron chi connectivity index (χ4n) is 20.0. The Kier molecular flexibility index (Phi) is 13.8. The summed E-state index contributed by atoms with van der Waals surface area (Å²) in [6, 6.07) is 154. The molecule has 0 fully saturated rings. The number of fused-ring (bicyclic) bond motifs is 20. The van der Waals surface area contributed by atoms with E-state index in [1.807, 2.05) is 0 Å². The van der Waals surface area contributed by atoms with Crippen LogP contribution in [0.5, 0.6) is 0 Å². The van der Waals surface area contributed by atoms with E-state index in [4.69, 9.17) is 0 Å². The van der Waals surface area contributed by atoms with Gasteiger partial charge in [0.25, 0.3) is 0 Å². The van der Waals surface area contributed by atoms with Crippen molar-refractivity contribution in [2.45, 2.75) is 0 Å². The molecule has 6 heterocycles. The minimum absolute atomic E-state index is 1.08. The normalized spacial score (nSPS) is 12.1. The highest BCUT2D eigenvalue weighted by molar-refractivity contribution is 6.27. The van der Waals surface area contributed by atoms with Gasteiger partial charge in [0.05, 0.1) is 66.2 Å². The van der Waals surface area contributed by atoms with E-state index in [-0.39, 0.29) is 0 Å². The van der Waals surface area contributed by atoms with Crippen LogP contribution in [0.1, 0.15) is 0 Å². The topological polar surface area (TPSA) is 29.6 Å². The molecule has 0 aliphatic carbocycles. The van der Waals surface area contributed by atoms with E-state index < -0.39 is 0 Å². The van der Waals surface area contributed by atoms with E-state index in [9.17, 15) is 0 Å². The molecule has 6 heteroatoms. The van der Waals surface area contributed by atoms with Gasteiger partial charge in [0, 0.05) is 110 Å². The number of nitrogens with zero attached hydrogens (tertiary/aromatic N) is 6. The first-order valence-electron chi connectivity index (χ1n) is 40.0. The van der Waals surface area contributed by atoms with Crippen molar-refractivity contribution in [1.82, 2.24) is 27.4 Å². The summed E-state index contributed by atoms with van der Waals surface area (Å²) in [7, 11) is 0. The van der Waals surface area contributed by atoms with Crippen molar-refractivity contribution < 1.29 is 0 Å². The van der Waals surface area contributed by atoms with Crippen LogP contribution >= 0.6 is 0 Å². The van der Waals surface area contributed by atoms with Crippen molar-refractivity contribution in [2.75, 3.05) is 0 Å². The van der Waals surface area contributed by atoms with Gasteiger partial charge in [0.2, 0.25) is 0 Å². The minimum atomic E-state index is 1.08. The molecular formula is C110H68N6. The standard InChI is InChI=1S/C110H68N6/c1-5-26-69(27-6-1)70-48-53-79(54-49-70)114-97-44-22-18-39-86(97)90-59-56-81(68-105(90)114)116-102-47-25-42-84(108(102)95-64-72-29-14-16-37-83(72)106(110(95)116)74-52-61-100-93(65-74)87-40-19-23-45-98(87)111(100)76-30-7-2-8-31-76)73-51-60-101-92(62-73)91-57-50-75(66-103(91)113(101)78-34-11-4-12-35-78)107-82-36-15-13-28-71(82)63-94-88-41-20-24-46-99(88)115(109(94)107)80-55-58-89-85-38-17-21-43-96(85)112(104(89)67-80)77-32-9-3-10-33-77/h1-68H.